The lowest BCUT2D eigenvalue weighted by Crippen LogP contribution is -2.12. The predicted molar refractivity (Wildman–Crippen MR) is 167 cm³/mol. The minimum absolute atomic E-state index is 0.0706. The van der Waals surface area contributed by atoms with E-state index in [0.29, 0.717) is 49.7 Å². The summed E-state index contributed by atoms with van der Waals surface area (Å²) in [4.78, 5) is 36.2. The van der Waals surface area contributed by atoms with Crippen LogP contribution in [0.25, 0.3) is 0 Å². The molecule has 0 saturated carbocycles. The molecule has 0 aliphatic carbocycles. The van der Waals surface area contributed by atoms with E-state index in [1.54, 1.807) is 36.4 Å². The van der Waals surface area contributed by atoms with Crippen LogP contribution in [-0.4, -0.2) is 51.6 Å². The fourth-order valence-corrected chi connectivity index (χ4v) is 3.96. The number of unbranched alkanes of at least 4 members (excludes halogenated alkanes) is 4. The van der Waals surface area contributed by atoms with Gasteiger partial charge in [0.15, 0.2) is 0 Å². The molecule has 0 fully saturated rings. The summed E-state index contributed by atoms with van der Waals surface area (Å²) in [6, 6.07) is 18.0. The van der Waals surface area contributed by atoms with Gasteiger partial charge in [0.2, 0.25) is 6.79 Å². The van der Waals surface area contributed by atoms with Gasteiger partial charge in [0.1, 0.15) is 34.3 Å². The van der Waals surface area contributed by atoms with E-state index in [1.165, 1.54) is 38.2 Å². The molecule has 0 unspecified atom stereocenters. The van der Waals surface area contributed by atoms with Crippen LogP contribution in [0.1, 0.15) is 66.2 Å². The van der Waals surface area contributed by atoms with E-state index in [-0.39, 0.29) is 23.9 Å². The Kier molecular flexibility index (Phi) is 14.8. The van der Waals surface area contributed by atoms with Crippen molar-refractivity contribution < 1.29 is 47.5 Å². The number of methoxy groups -OCH3 is 1. The molecule has 0 aliphatic heterocycles. The quantitative estimate of drug-likeness (QED) is 0.0432. The Morgan fingerprint density at radius 1 is 0.667 bits per heavy atom. The summed E-state index contributed by atoms with van der Waals surface area (Å²) in [5, 5.41) is 0. The first-order chi connectivity index (χ1) is 21.9. The van der Waals surface area contributed by atoms with Gasteiger partial charge in [-0.25, -0.2) is 14.4 Å². The standard InChI is InChI=1S/C35H40O10/c1-4-6-7-8-21-40-28-15-17-29(18-16-28)43-25-44-32-20-19-30(24-31(32)35(38)39-3)45-34(37)26-11-13-27(14-12-26)41-22-9-10-23-42-33(36)5-2/h5,11-20,24H,2,4,6-10,21-23,25H2,1,3H3. The lowest BCUT2D eigenvalue weighted by Gasteiger charge is -2.13. The van der Waals surface area contributed by atoms with Crippen molar-refractivity contribution in [3.63, 3.8) is 0 Å². The third-order valence-corrected chi connectivity index (χ3v) is 6.41. The number of carbonyl (C=O) groups excluding carboxylic acids is 3. The molecule has 0 N–H and O–H groups in total. The van der Waals surface area contributed by atoms with Crippen molar-refractivity contribution in [2.75, 3.05) is 33.7 Å². The fraction of sp³-hybridized carbons (Fsp3) is 0.343. The molecule has 10 nitrogen and oxygen atoms in total. The van der Waals surface area contributed by atoms with Crippen LogP contribution in [0.4, 0.5) is 0 Å². The van der Waals surface area contributed by atoms with E-state index in [2.05, 4.69) is 13.5 Å². The van der Waals surface area contributed by atoms with Crippen LogP contribution in [0.3, 0.4) is 0 Å². The van der Waals surface area contributed by atoms with Crippen molar-refractivity contribution in [1.82, 2.24) is 0 Å². The van der Waals surface area contributed by atoms with E-state index < -0.39 is 17.9 Å². The molecule has 3 aromatic carbocycles. The minimum atomic E-state index is -0.663. The number of hydrogen-bond acceptors (Lipinski definition) is 10. The average Bonchev–Trinajstić information content (AvgIpc) is 3.07. The number of hydrogen-bond donors (Lipinski definition) is 0. The van der Waals surface area contributed by atoms with Gasteiger partial charge in [0.25, 0.3) is 0 Å². The van der Waals surface area contributed by atoms with Crippen LogP contribution in [0.2, 0.25) is 0 Å². The Labute approximate surface area is 263 Å². The highest BCUT2D eigenvalue weighted by Gasteiger charge is 2.17. The molecule has 0 spiro atoms. The van der Waals surface area contributed by atoms with Gasteiger partial charge >= 0.3 is 17.9 Å². The molecule has 3 aromatic rings. The van der Waals surface area contributed by atoms with E-state index in [4.69, 9.17) is 33.2 Å². The van der Waals surface area contributed by atoms with Gasteiger partial charge in [-0.15, -0.1) is 0 Å². The van der Waals surface area contributed by atoms with Crippen LogP contribution in [0.5, 0.6) is 28.7 Å². The lowest BCUT2D eigenvalue weighted by molar-refractivity contribution is -0.137. The van der Waals surface area contributed by atoms with Gasteiger partial charge in [-0.1, -0.05) is 32.8 Å². The number of esters is 3. The predicted octanol–water partition coefficient (Wildman–Crippen LogP) is 6.96. The molecule has 0 aromatic heterocycles. The molecular weight excluding hydrogens is 580 g/mol. The molecular formula is C35H40O10. The van der Waals surface area contributed by atoms with Crippen LogP contribution in [0.15, 0.2) is 79.4 Å². The second-order valence-corrected chi connectivity index (χ2v) is 9.78. The third-order valence-electron chi connectivity index (χ3n) is 6.41. The maximum atomic E-state index is 12.7. The first-order valence-electron chi connectivity index (χ1n) is 14.9. The first kappa shape index (κ1) is 34.5. The molecule has 10 heteroatoms. The Balaban J connectivity index is 1.48. The van der Waals surface area contributed by atoms with Crippen LogP contribution in [0, 0.1) is 0 Å². The van der Waals surface area contributed by atoms with Crippen molar-refractivity contribution in [1.29, 1.82) is 0 Å². The Hall–Kier alpha value is -4.99. The van der Waals surface area contributed by atoms with Gasteiger partial charge in [-0.05, 0) is 86.0 Å². The molecule has 0 aliphatic rings. The summed E-state index contributed by atoms with van der Waals surface area (Å²) in [7, 11) is 1.25. The summed E-state index contributed by atoms with van der Waals surface area (Å²) in [5.74, 6) is 0.515. The molecule has 0 radical (unpaired) electrons. The molecule has 0 amide bonds. The Morgan fingerprint density at radius 2 is 1.24 bits per heavy atom. The smallest absolute Gasteiger partial charge is 0.343 e. The summed E-state index contributed by atoms with van der Waals surface area (Å²) in [6.45, 7) is 6.74. The molecule has 240 valence electrons. The normalized spacial score (nSPS) is 10.4. The highest BCUT2D eigenvalue weighted by Crippen LogP contribution is 2.27. The largest absolute Gasteiger partial charge is 0.494 e. The second kappa shape index (κ2) is 19.3. The van der Waals surface area contributed by atoms with Gasteiger partial charge < -0.3 is 33.2 Å². The van der Waals surface area contributed by atoms with E-state index in [9.17, 15) is 14.4 Å². The maximum Gasteiger partial charge on any atom is 0.343 e. The molecule has 45 heavy (non-hydrogen) atoms. The molecule has 0 saturated heterocycles. The van der Waals surface area contributed by atoms with Gasteiger partial charge in [-0.3, -0.25) is 0 Å². The molecule has 0 atom stereocenters. The van der Waals surface area contributed by atoms with Crippen molar-refractivity contribution in [2.24, 2.45) is 0 Å². The maximum absolute atomic E-state index is 12.7. The molecule has 0 bridgehead atoms. The SMILES string of the molecule is C=CC(=O)OCCCCOc1ccc(C(=O)Oc2ccc(OCOc3ccc(OCCCCCC)cc3)c(C(=O)OC)c2)cc1. The van der Waals surface area contributed by atoms with Crippen molar-refractivity contribution in [3.8, 4) is 28.7 Å². The topological polar surface area (TPSA) is 116 Å². The minimum Gasteiger partial charge on any atom is -0.494 e. The van der Waals surface area contributed by atoms with Crippen molar-refractivity contribution in [2.45, 2.75) is 45.4 Å². The monoisotopic (exact) mass is 620 g/mol. The number of carbonyl (C=O) groups is 3. The van der Waals surface area contributed by atoms with Gasteiger partial charge in [-0.2, -0.15) is 0 Å². The van der Waals surface area contributed by atoms with Crippen molar-refractivity contribution >= 4 is 17.9 Å². The van der Waals surface area contributed by atoms with Gasteiger partial charge in [0, 0.05) is 6.08 Å². The Bertz CT molecular complexity index is 1370. The van der Waals surface area contributed by atoms with E-state index >= 15 is 0 Å². The zero-order valence-electron chi connectivity index (χ0n) is 25.8. The fourth-order valence-electron chi connectivity index (χ4n) is 3.96. The number of ether oxygens (including phenoxy) is 7. The first-order valence-corrected chi connectivity index (χ1v) is 14.9. The van der Waals surface area contributed by atoms with Crippen LogP contribution in [-0.2, 0) is 14.3 Å². The van der Waals surface area contributed by atoms with Crippen LogP contribution >= 0.6 is 0 Å². The highest BCUT2D eigenvalue weighted by atomic mass is 16.7. The lowest BCUT2D eigenvalue weighted by atomic mass is 10.2. The summed E-state index contributed by atoms with van der Waals surface area (Å²) in [6.07, 6.45) is 7.01. The molecule has 3 rings (SSSR count). The van der Waals surface area contributed by atoms with Gasteiger partial charge in [0.05, 0.1) is 32.5 Å². The van der Waals surface area contributed by atoms with Crippen molar-refractivity contribution in [3.05, 3.63) is 90.5 Å². The second-order valence-electron chi connectivity index (χ2n) is 9.78. The number of rotatable bonds is 20. The zero-order valence-corrected chi connectivity index (χ0v) is 25.8. The summed E-state index contributed by atoms with van der Waals surface area (Å²) < 4.78 is 38.0. The number of benzene rings is 3. The third kappa shape index (κ3) is 12.3. The van der Waals surface area contributed by atoms with E-state index in [0.717, 1.165) is 24.7 Å². The highest BCUT2D eigenvalue weighted by molar-refractivity contribution is 5.94. The summed E-state index contributed by atoms with van der Waals surface area (Å²) in [5.41, 5.74) is 0.362. The summed E-state index contributed by atoms with van der Waals surface area (Å²) >= 11 is 0. The average molecular weight is 621 g/mol. The zero-order chi connectivity index (χ0) is 32.3. The van der Waals surface area contributed by atoms with E-state index in [1.807, 2.05) is 12.1 Å². The molecule has 0 heterocycles. The van der Waals surface area contributed by atoms with Crippen LogP contribution < -0.4 is 23.7 Å². The Morgan fingerprint density at radius 3 is 1.87 bits per heavy atom.